The third-order valence-corrected chi connectivity index (χ3v) is 4.45. The Morgan fingerprint density at radius 1 is 1.04 bits per heavy atom. The summed E-state index contributed by atoms with van der Waals surface area (Å²) in [6.45, 7) is 4.64. The summed E-state index contributed by atoms with van der Waals surface area (Å²) < 4.78 is 26.6. The maximum Gasteiger partial charge on any atom is 0.322 e. The van der Waals surface area contributed by atoms with Gasteiger partial charge in [0.05, 0.1) is 5.69 Å². The Balaban J connectivity index is 1.56. The average Bonchev–Trinajstić information content (AvgIpc) is 2.64. The van der Waals surface area contributed by atoms with Gasteiger partial charge in [0.15, 0.2) is 0 Å². The number of hydrogen-bond acceptors (Lipinski definition) is 2. The quantitative estimate of drug-likeness (QED) is 0.916. The molecule has 0 atom stereocenters. The summed E-state index contributed by atoms with van der Waals surface area (Å²) in [5, 5.41) is 2.50. The third kappa shape index (κ3) is 4.07. The van der Waals surface area contributed by atoms with Gasteiger partial charge in [-0.1, -0.05) is 19.1 Å². The number of hydrogen-bond donors (Lipinski definition) is 1. The molecule has 0 unspecified atom stereocenters. The van der Waals surface area contributed by atoms with Gasteiger partial charge >= 0.3 is 6.03 Å². The summed E-state index contributed by atoms with van der Waals surface area (Å²) in [6.07, 6.45) is 1.01. The van der Waals surface area contributed by atoms with Crippen LogP contribution in [0.2, 0.25) is 0 Å². The van der Waals surface area contributed by atoms with Gasteiger partial charge in [0.1, 0.15) is 11.6 Å². The minimum atomic E-state index is -0.775. The molecule has 0 spiro atoms. The Labute approximate surface area is 146 Å². The molecule has 1 heterocycles. The summed E-state index contributed by atoms with van der Waals surface area (Å²) >= 11 is 0. The molecular weight excluding hydrogens is 324 g/mol. The van der Waals surface area contributed by atoms with Crippen LogP contribution < -0.4 is 10.2 Å². The number of carbonyl (C=O) groups is 1. The van der Waals surface area contributed by atoms with Crippen LogP contribution in [0.5, 0.6) is 0 Å². The molecule has 2 amide bonds. The van der Waals surface area contributed by atoms with E-state index in [0.29, 0.717) is 26.2 Å². The molecule has 6 heteroatoms. The van der Waals surface area contributed by atoms with E-state index in [-0.39, 0.29) is 11.7 Å². The summed E-state index contributed by atoms with van der Waals surface area (Å²) in [5.74, 6) is -1.44. The fourth-order valence-corrected chi connectivity index (χ4v) is 2.90. The van der Waals surface area contributed by atoms with Gasteiger partial charge in [0.2, 0.25) is 0 Å². The van der Waals surface area contributed by atoms with E-state index in [1.807, 2.05) is 0 Å². The highest BCUT2D eigenvalue weighted by molar-refractivity contribution is 5.89. The molecule has 0 bridgehead atoms. The van der Waals surface area contributed by atoms with Crippen molar-refractivity contribution in [1.82, 2.24) is 4.90 Å². The summed E-state index contributed by atoms with van der Waals surface area (Å²) in [6, 6.07) is 11.2. The van der Waals surface area contributed by atoms with E-state index >= 15 is 0 Å². The van der Waals surface area contributed by atoms with Crippen molar-refractivity contribution >= 4 is 17.4 Å². The average molecular weight is 345 g/mol. The number of aryl methyl sites for hydroxylation is 1. The second-order valence-corrected chi connectivity index (χ2v) is 6.05. The van der Waals surface area contributed by atoms with Crippen molar-refractivity contribution in [2.45, 2.75) is 13.3 Å². The second-order valence-electron chi connectivity index (χ2n) is 6.05. The molecule has 4 nitrogen and oxygen atoms in total. The Morgan fingerprint density at radius 2 is 1.72 bits per heavy atom. The highest BCUT2D eigenvalue weighted by Crippen LogP contribution is 2.19. The number of urea groups is 1. The molecule has 1 N–H and O–H groups in total. The van der Waals surface area contributed by atoms with Crippen LogP contribution in [0.1, 0.15) is 12.5 Å². The van der Waals surface area contributed by atoms with E-state index in [1.165, 1.54) is 11.6 Å². The van der Waals surface area contributed by atoms with Gasteiger partial charge in [-0.3, -0.25) is 0 Å². The van der Waals surface area contributed by atoms with Crippen LogP contribution in [0.3, 0.4) is 0 Å². The molecule has 0 radical (unpaired) electrons. The van der Waals surface area contributed by atoms with Crippen molar-refractivity contribution in [2.75, 3.05) is 36.4 Å². The van der Waals surface area contributed by atoms with Gasteiger partial charge < -0.3 is 15.1 Å². The first-order valence-electron chi connectivity index (χ1n) is 8.41. The number of benzene rings is 2. The van der Waals surface area contributed by atoms with Gasteiger partial charge in [0, 0.05) is 37.9 Å². The lowest BCUT2D eigenvalue weighted by Crippen LogP contribution is -2.50. The van der Waals surface area contributed by atoms with E-state index < -0.39 is 11.6 Å². The fraction of sp³-hybridized carbons (Fsp3) is 0.316. The topological polar surface area (TPSA) is 35.6 Å². The summed E-state index contributed by atoms with van der Waals surface area (Å²) in [7, 11) is 0. The smallest absolute Gasteiger partial charge is 0.322 e. The predicted molar refractivity (Wildman–Crippen MR) is 95.0 cm³/mol. The van der Waals surface area contributed by atoms with Crippen LogP contribution in [0.15, 0.2) is 42.5 Å². The molecule has 2 aromatic carbocycles. The number of carbonyl (C=O) groups excluding carboxylic acids is 1. The Bertz CT molecular complexity index is 741. The molecule has 132 valence electrons. The van der Waals surface area contributed by atoms with Crippen molar-refractivity contribution in [3.05, 3.63) is 59.7 Å². The third-order valence-electron chi connectivity index (χ3n) is 4.45. The van der Waals surface area contributed by atoms with Gasteiger partial charge in [-0.25, -0.2) is 13.6 Å². The molecule has 1 aliphatic heterocycles. The van der Waals surface area contributed by atoms with Crippen LogP contribution in [0, 0.1) is 11.6 Å². The first kappa shape index (κ1) is 17.2. The van der Waals surface area contributed by atoms with E-state index in [9.17, 15) is 13.6 Å². The van der Waals surface area contributed by atoms with E-state index in [0.717, 1.165) is 24.2 Å². The first-order valence-corrected chi connectivity index (χ1v) is 8.41. The molecular formula is C19H21F2N3O. The van der Waals surface area contributed by atoms with Crippen LogP contribution in [-0.4, -0.2) is 37.1 Å². The SMILES string of the molecule is CCc1ccc(N2CCN(C(=O)Nc3ccc(F)cc3F)CC2)cc1. The zero-order valence-corrected chi connectivity index (χ0v) is 14.1. The number of nitrogens with one attached hydrogen (secondary N) is 1. The normalized spacial score (nSPS) is 14.5. The van der Waals surface area contributed by atoms with Crippen molar-refractivity contribution in [3.8, 4) is 0 Å². The maximum atomic E-state index is 13.6. The lowest BCUT2D eigenvalue weighted by atomic mass is 10.1. The number of piperazine rings is 1. The van der Waals surface area contributed by atoms with Crippen LogP contribution >= 0.6 is 0 Å². The lowest BCUT2D eigenvalue weighted by molar-refractivity contribution is 0.208. The number of nitrogens with zero attached hydrogens (tertiary/aromatic N) is 2. The van der Waals surface area contributed by atoms with E-state index in [4.69, 9.17) is 0 Å². The maximum absolute atomic E-state index is 13.6. The van der Waals surface area contributed by atoms with Gasteiger partial charge in [0.25, 0.3) is 0 Å². The predicted octanol–water partition coefficient (Wildman–Crippen LogP) is 3.88. The Hall–Kier alpha value is -2.63. The molecule has 0 saturated carbocycles. The monoisotopic (exact) mass is 345 g/mol. The summed E-state index contributed by atoms with van der Waals surface area (Å²) in [4.78, 5) is 16.1. The molecule has 25 heavy (non-hydrogen) atoms. The number of rotatable bonds is 3. The van der Waals surface area contributed by atoms with Gasteiger partial charge in [-0.05, 0) is 36.2 Å². The largest absolute Gasteiger partial charge is 0.368 e. The molecule has 1 saturated heterocycles. The highest BCUT2D eigenvalue weighted by atomic mass is 19.1. The molecule has 2 aromatic rings. The van der Waals surface area contributed by atoms with Crippen molar-refractivity contribution in [1.29, 1.82) is 0 Å². The van der Waals surface area contributed by atoms with E-state index in [1.54, 1.807) is 4.90 Å². The number of anilines is 2. The second kappa shape index (κ2) is 7.51. The van der Waals surface area contributed by atoms with E-state index in [2.05, 4.69) is 41.4 Å². The zero-order valence-electron chi connectivity index (χ0n) is 14.1. The highest BCUT2D eigenvalue weighted by Gasteiger charge is 2.22. The van der Waals surface area contributed by atoms with Crippen LogP contribution in [0.25, 0.3) is 0 Å². The van der Waals surface area contributed by atoms with Crippen molar-refractivity contribution < 1.29 is 13.6 Å². The van der Waals surface area contributed by atoms with Crippen LogP contribution in [0.4, 0.5) is 25.0 Å². The first-order chi connectivity index (χ1) is 12.1. The molecule has 0 aromatic heterocycles. The molecule has 0 aliphatic carbocycles. The van der Waals surface area contributed by atoms with Crippen molar-refractivity contribution in [3.63, 3.8) is 0 Å². The fourth-order valence-electron chi connectivity index (χ4n) is 2.90. The van der Waals surface area contributed by atoms with Gasteiger partial charge in [-0.2, -0.15) is 0 Å². The Morgan fingerprint density at radius 3 is 2.32 bits per heavy atom. The number of amides is 2. The van der Waals surface area contributed by atoms with Crippen molar-refractivity contribution in [2.24, 2.45) is 0 Å². The lowest BCUT2D eigenvalue weighted by Gasteiger charge is -2.36. The minimum Gasteiger partial charge on any atom is -0.368 e. The standard InChI is InChI=1S/C19H21F2N3O/c1-2-14-3-6-16(7-4-14)23-9-11-24(12-10-23)19(25)22-18-8-5-15(20)13-17(18)21/h3-8,13H,2,9-12H2,1H3,(H,22,25). The minimum absolute atomic E-state index is 0.0102. The number of halogens is 2. The Kier molecular flexibility index (Phi) is 5.16. The zero-order chi connectivity index (χ0) is 17.8. The van der Waals surface area contributed by atoms with Crippen LogP contribution in [-0.2, 0) is 6.42 Å². The molecule has 3 rings (SSSR count). The summed E-state index contributed by atoms with van der Waals surface area (Å²) in [5.41, 5.74) is 2.42. The van der Waals surface area contributed by atoms with Gasteiger partial charge in [-0.15, -0.1) is 0 Å². The molecule has 1 aliphatic rings. The molecule has 1 fully saturated rings.